The molecule has 2 aromatic carbocycles. The van der Waals surface area contributed by atoms with Crippen molar-refractivity contribution in [2.45, 2.75) is 6.10 Å². The Balaban J connectivity index is 1.55. The van der Waals surface area contributed by atoms with Crippen molar-refractivity contribution in [3.63, 3.8) is 0 Å². The van der Waals surface area contributed by atoms with Gasteiger partial charge in [0.2, 0.25) is 0 Å². The molecule has 6 nitrogen and oxygen atoms in total. The van der Waals surface area contributed by atoms with Gasteiger partial charge in [0.15, 0.2) is 11.5 Å². The summed E-state index contributed by atoms with van der Waals surface area (Å²) in [5.74, 6) is 1.07. The summed E-state index contributed by atoms with van der Waals surface area (Å²) in [5.41, 5.74) is 1.40. The number of ether oxygens (including phenoxy) is 3. The topological polar surface area (TPSA) is 60.9 Å². The minimum absolute atomic E-state index is 0.0601. The van der Waals surface area contributed by atoms with Crippen molar-refractivity contribution in [1.29, 1.82) is 0 Å². The Kier molecular flexibility index (Phi) is 5.12. The van der Waals surface area contributed by atoms with E-state index in [4.69, 9.17) is 14.2 Å². The number of benzene rings is 2. The zero-order chi connectivity index (χ0) is 19.5. The molecule has 1 atom stereocenters. The molecule has 6 heteroatoms. The van der Waals surface area contributed by atoms with Crippen LogP contribution in [0.5, 0.6) is 11.5 Å². The lowest BCUT2D eigenvalue weighted by atomic mass is 10.1. The molecule has 1 aliphatic rings. The van der Waals surface area contributed by atoms with E-state index in [0.717, 1.165) is 16.5 Å². The Labute approximate surface area is 163 Å². The fourth-order valence-corrected chi connectivity index (χ4v) is 3.44. The Morgan fingerprint density at radius 3 is 2.64 bits per heavy atom. The van der Waals surface area contributed by atoms with Gasteiger partial charge in [0, 0.05) is 23.7 Å². The lowest BCUT2D eigenvalue weighted by Crippen LogP contribution is -2.42. The molecule has 0 radical (unpaired) electrons. The molecule has 0 bridgehead atoms. The Morgan fingerprint density at radius 2 is 1.86 bits per heavy atom. The lowest BCUT2D eigenvalue weighted by Gasteiger charge is -2.33. The van der Waals surface area contributed by atoms with Gasteiger partial charge in [-0.3, -0.25) is 9.78 Å². The minimum atomic E-state index is -0.248. The largest absolute Gasteiger partial charge is 0.493 e. The molecular formula is C22H22N2O4. The monoisotopic (exact) mass is 378 g/mol. The zero-order valence-corrected chi connectivity index (χ0v) is 15.9. The highest BCUT2D eigenvalue weighted by molar-refractivity contribution is 5.95. The maximum Gasteiger partial charge on any atom is 0.254 e. The maximum absolute atomic E-state index is 13.0. The van der Waals surface area contributed by atoms with Crippen LogP contribution in [0.15, 0.2) is 54.7 Å². The molecule has 144 valence electrons. The second-order valence-electron chi connectivity index (χ2n) is 6.64. The van der Waals surface area contributed by atoms with E-state index in [2.05, 4.69) is 11.1 Å². The molecule has 1 aromatic heterocycles. The first-order chi connectivity index (χ1) is 13.7. The van der Waals surface area contributed by atoms with E-state index in [1.807, 2.05) is 30.5 Å². The number of hydrogen-bond acceptors (Lipinski definition) is 5. The number of methoxy groups -OCH3 is 2. The Hall–Kier alpha value is -3.12. The summed E-state index contributed by atoms with van der Waals surface area (Å²) in [6.45, 7) is 1.47. The fraction of sp³-hybridized carbons (Fsp3) is 0.273. The van der Waals surface area contributed by atoms with Gasteiger partial charge in [-0.2, -0.15) is 0 Å². The predicted molar refractivity (Wildman–Crippen MR) is 106 cm³/mol. The molecule has 0 N–H and O–H groups in total. The number of carbonyl (C=O) groups is 1. The molecular weight excluding hydrogens is 356 g/mol. The van der Waals surface area contributed by atoms with Crippen LogP contribution in [0.4, 0.5) is 0 Å². The van der Waals surface area contributed by atoms with Crippen molar-refractivity contribution >= 4 is 16.7 Å². The molecule has 2 heterocycles. The number of hydrogen-bond donors (Lipinski definition) is 0. The van der Waals surface area contributed by atoms with Gasteiger partial charge in [0.25, 0.3) is 5.91 Å². The number of pyridine rings is 1. The van der Waals surface area contributed by atoms with Gasteiger partial charge < -0.3 is 19.1 Å². The fourth-order valence-electron chi connectivity index (χ4n) is 3.44. The van der Waals surface area contributed by atoms with Gasteiger partial charge in [-0.15, -0.1) is 0 Å². The lowest BCUT2D eigenvalue weighted by molar-refractivity contribution is -0.0246. The van der Waals surface area contributed by atoms with E-state index < -0.39 is 0 Å². The summed E-state index contributed by atoms with van der Waals surface area (Å²) in [6, 6.07) is 15.3. The van der Waals surface area contributed by atoms with Crippen LogP contribution in [0.1, 0.15) is 22.2 Å². The van der Waals surface area contributed by atoms with Crippen molar-refractivity contribution in [2.75, 3.05) is 33.9 Å². The third-order valence-corrected chi connectivity index (χ3v) is 4.97. The molecule has 0 spiro atoms. The molecule has 28 heavy (non-hydrogen) atoms. The third kappa shape index (κ3) is 3.51. The van der Waals surface area contributed by atoms with Gasteiger partial charge >= 0.3 is 0 Å². The van der Waals surface area contributed by atoms with E-state index in [-0.39, 0.29) is 12.0 Å². The summed E-state index contributed by atoms with van der Waals surface area (Å²) >= 11 is 0. The molecule has 1 fully saturated rings. The number of carbonyl (C=O) groups excluding carboxylic acids is 1. The normalized spacial score (nSPS) is 16.8. The van der Waals surface area contributed by atoms with Crippen molar-refractivity contribution in [1.82, 2.24) is 9.88 Å². The van der Waals surface area contributed by atoms with Crippen LogP contribution >= 0.6 is 0 Å². The minimum Gasteiger partial charge on any atom is -0.493 e. The molecule has 0 saturated carbocycles. The van der Waals surface area contributed by atoms with E-state index >= 15 is 0 Å². The van der Waals surface area contributed by atoms with Crippen LogP contribution in [0.2, 0.25) is 0 Å². The summed E-state index contributed by atoms with van der Waals surface area (Å²) < 4.78 is 16.5. The van der Waals surface area contributed by atoms with E-state index in [0.29, 0.717) is 36.8 Å². The zero-order valence-electron chi connectivity index (χ0n) is 15.9. The molecule has 1 aliphatic heterocycles. The number of nitrogens with zero attached hydrogens (tertiary/aromatic N) is 2. The number of rotatable bonds is 4. The van der Waals surface area contributed by atoms with Gasteiger partial charge in [-0.1, -0.05) is 24.3 Å². The van der Waals surface area contributed by atoms with Crippen LogP contribution < -0.4 is 9.47 Å². The van der Waals surface area contributed by atoms with Crippen LogP contribution in [0.3, 0.4) is 0 Å². The first-order valence-corrected chi connectivity index (χ1v) is 9.17. The standard InChI is InChI=1S/C22H22N2O4/c1-26-19-8-7-16(12-20(19)27-2)22(25)24-9-10-28-21(14-24)18-11-15-5-3-4-6-17(15)13-23-18/h3-8,11-13,21H,9-10,14H2,1-2H3. The number of fused-ring (bicyclic) bond motifs is 1. The highest BCUT2D eigenvalue weighted by Crippen LogP contribution is 2.29. The third-order valence-electron chi connectivity index (χ3n) is 4.97. The van der Waals surface area contributed by atoms with Crippen LogP contribution in [-0.4, -0.2) is 49.7 Å². The molecule has 1 unspecified atom stereocenters. The number of aromatic nitrogens is 1. The van der Waals surface area contributed by atoms with E-state index in [9.17, 15) is 4.79 Å². The van der Waals surface area contributed by atoms with Gasteiger partial charge in [0.05, 0.1) is 33.1 Å². The van der Waals surface area contributed by atoms with Crippen molar-refractivity contribution in [3.8, 4) is 11.5 Å². The second kappa shape index (κ2) is 7.86. The van der Waals surface area contributed by atoms with Gasteiger partial charge in [-0.05, 0) is 29.7 Å². The summed E-state index contributed by atoms with van der Waals surface area (Å²) in [6.07, 6.45) is 1.60. The quantitative estimate of drug-likeness (QED) is 0.696. The van der Waals surface area contributed by atoms with Gasteiger partial charge in [-0.25, -0.2) is 0 Å². The highest BCUT2D eigenvalue weighted by atomic mass is 16.5. The van der Waals surface area contributed by atoms with Crippen LogP contribution in [0, 0.1) is 0 Å². The molecule has 4 rings (SSSR count). The first-order valence-electron chi connectivity index (χ1n) is 9.17. The smallest absolute Gasteiger partial charge is 0.254 e. The van der Waals surface area contributed by atoms with Gasteiger partial charge in [0.1, 0.15) is 6.10 Å². The molecule has 1 amide bonds. The average molecular weight is 378 g/mol. The summed E-state index contributed by atoms with van der Waals surface area (Å²) in [7, 11) is 3.13. The van der Waals surface area contributed by atoms with Crippen molar-refractivity contribution < 1.29 is 19.0 Å². The number of amides is 1. The first kappa shape index (κ1) is 18.3. The highest BCUT2D eigenvalue weighted by Gasteiger charge is 2.27. The number of morpholine rings is 1. The second-order valence-corrected chi connectivity index (χ2v) is 6.64. The van der Waals surface area contributed by atoms with E-state index in [1.54, 1.807) is 37.3 Å². The average Bonchev–Trinajstić information content (AvgIpc) is 2.77. The molecule has 1 saturated heterocycles. The molecule has 0 aliphatic carbocycles. The van der Waals surface area contributed by atoms with E-state index in [1.165, 1.54) is 0 Å². The summed E-state index contributed by atoms with van der Waals surface area (Å²) in [5, 5.41) is 2.19. The summed E-state index contributed by atoms with van der Waals surface area (Å²) in [4.78, 5) is 19.4. The van der Waals surface area contributed by atoms with Crippen molar-refractivity contribution in [3.05, 3.63) is 66.0 Å². The Bertz CT molecular complexity index is 1000. The Morgan fingerprint density at radius 1 is 1.07 bits per heavy atom. The maximum atomic E-state index is 13.0. The van der Waals surface area contributed by atoms with Crippen LogP contribution in [-0.2, 0) is 4.74 Å². The van der Waals surface area contributed by atoms with Crippen LogP contribution in [0.25, 0.3) is 10.8 Å². The molecule has 3 aromatic rings. The SMILES string of the molecule is COc1ccc(C(=O)N2CCOC(c3cc4ccccc4cn3)C2)cc1OC. The predicted octanol–water partition coefficient (Wildman–Crippen LogP) is 3.47. The van der Waals surface area contributed by atoms with Crippen molar-refractivity contribution in [2.24, 2.45) is 0 Å².